The lowest BCUT2D eigenvalue weighted by atomic mass is 10.1. The van der Waals surface area contributed by atoms with Gasteiger partial charge < -0.3 is 5.32 Å². The fourth-order valence-electron chi connectivity index (χ4n) is 4.00. The molecule has 0 radical (unpaired) electrons. The Morgan fingerprint density at radius 2 is 1.39 bits per heavy atom. The molecule has 0 unspecified atom stereocenters. The normalized spacial score (nSPS) is 11.5. The van der Waals surface area contributed by atoms with Gasteiger partial charge in [0.05, 0.1) is 28.7 Å². The SMILES string of the molecule is CS(=O)(=O)Nc1cc(C[n+]2ccccc2)cc(Nc2c3ccccc3nc3ccccc23)c1. The Balaban J connectivity index is 1.63. The maximum absolute atomic E-state index is 11.9. The van der Waals surface area contributed by atoms with Crippen molar-refractivity contribution in [1.29, 1.82) is 0 Å². The third-order valence-corrected chi connectivity index (χ3v) is 5.90. The lowest BCUT2D eigenvalue weighted by Gasteiger charge is -2.15. The van der Waals surface area contributed by atoms with Gasteiger partial charge in [-0.15, -0.1) is 0 Å². The van der Waals surface area contributed by atoms with E-state index in [-0.39, 0.29) is 0 Å². The highest BCUT2D eigenvalue weighted by Crippen LogP contribution is 2.34. The number of fused-ring (bicyclic) bond motifs is 2. The van der Waals surface area contributed by atoms with Crippen LogP contribution in [0.4, 0.5) is 17.1 Å². The highest BCUT2D eigenvalue weighted by Gasteiger charge is 2.13. The van der Waals surface area contributed by atoms with Crippen LogP contribution in [-0.2, 0) is 16.6 Å². The minimum Gasteiger partial charge on any atom is -0.354 e. The Labute approximate surface area is 192 Å². The summed E-state index contributed by atoms with van der Waals surface area (Å²) in [5, 5.41) is 5.55. The van der Waals surface area contributed by atoms with E-state index < -0.39 is 10.0 Å². The lowest BCUT2D eigenvalue weighted by Crippen LogP contribution is -2.32. The molecule has 6 nitrogen and oxygen atoms in total. The number of para-hydroxylation sites is 2. The highest BCUT2D eigenvalue weighted by atomic mass is 32.2. The Bertz CT molecular complexity index is 1510. The molecule has 5 aromatic rings. The number of anilines is 3. The zero-order valence-corrected chi connectivity index (χ0v) is 18.9. The number of rotatable bonds is 6. The van der Waals surface area contributed by atoms with Gasteiger partial charge in [-0.1, -0.05) is 42.5 Å². The second kappa shape index (κ2) is 8.52. The van der Waals surface area contributed by atoms with E-state index in [1.54, 1.807) is 0 Å². The average molecular weight is 456 g/mol. The summed E-state index contributed by atoms with van der Waals surface area (Å²) < 4.78 is 28.5. The van der Waals surface area contributed by atoms with Crippen molar-refractivity contribution in [2.24, 2.45) is 0 Å². The van der Waals surface area contributed by atoms with Crippen LogP contribution in [0.3, 0.4) is 0 Å². The number of aromatic nitrogens is 2. The maximum atomic E-state index is 11.9. The molecule has 0 atom stereocenters. The van der Waals surface area contributed by atoms with Gasteiger partial charge in [0.15, 0.2) is 18.9 Å². The number of nitrogens with one attached hydrogen (secondary N) is 2. The summed E-state index contributed by atoms with van der Waals surface area (Å²) in [6.07, 6.45) is 5.11. The first-order chi connectivity index (χ1) is 15.9. The average Bonchev–Trinajstić information content (AvgIpc) is 2.78. The molecule has 0 bridgehead atoms. The second-order valence-corrected chi connectivity index (χ2v) is 9.74. The number of nitrogens with zero attached hydrogens (tertiary/aromatic N) is 2. The van der Waals surface area contributed by atoms with E-state index in [9.17, 15) is 8.42 Å². The smallest absolute Gasteiger partial charge is 0.229 e. The zero-order chi connectivity index (χ0) is 22.8. The monoisotopic (exact) mass is 455 g/mol. The maximum Gasteiger partial charge on any atom is 0.229 e. The van der Waals surface area contributed by atoms with Crippen molar-refractivity contribution in [3.05, 3.63) is 103 Å². The van der Waals surface area contributed by atoms with Gasteiger partial charge in [0.1, 0.15) is 0 Å². The number of sulfonamides is 1. The van der Waals surface area contributed by atoms with Gasteiger partial charge in [0.2, 0.25) is 10.0 Å². The molecule has 0 saturated heterocycles. The van der Waals surface area contributed by atoms with E-state index in [1.165, 1.54) is 0 Å². The van der Waals surface area contributed by atoms with Crippen LogP contribution in [-0.4, -0.2) is 19.7 Å². The van der Waals surface area contributed by atoms with Gasteiger partial charge in [0, 0.05) is 34.2 Å². The van der Waals surface area contributed by atoms with Crippen LogP contribution < -0.4 is 14.6 Å². The van der Waals surface area contributed by atoms with Crippen molar-refractivity contribution in [3.8, 4) is 0 Å². The molecule has 2 N–H and O–H groups in total. The third-order valence-electron chi connectivity index (χ3n) is 5.30. The molecule has 0 spiro atoms. The molecule has 3 aromatic carbocycles. The third kappa shape index (κ3) is 4.78. The van der Waals surface area contributed by atoms with Crippen molar-refractivity contribution < 1.29 is 13.0 Å². The summed E-state index contributed by atoms with van der Waals surface area (Å²) >= 11 is 0. The molecule has 0 aliphatic carbocycles. The number of benzene rings is 3. The van der Waals surface area contributed by atoms with Crippen LogP contribution in [0.1, 0.15) is 5.56 Å². The van der Waals surface area contributed by atoms with Crippen molar-refractivity contribution in [2.75, 3.05) is 16.3 Å². The number of hydrogen-bond acceptors (Lipinski definition) is 4. The lowest BCUT2D eigenvalue weighted by molar-refractivity contribution is -0.688. The van der Waals surface area contributed by atoms with Gasteiger partial charge >= 0.3 is 0 Å². The van der Waals surface area contributed by atoms with Gasteiger partial charge in [-0.3, -0.25) is 4.72 Å². The number of pyridine rings is 2. The molecule has 0 aliphatic heterocycles. The van der Waals surface area contributed by atoms with E-state index in [2.05, 4.69) is 10.0 Å². The minimum atomic E-state index is -3.42. The van der Waals surface area contributed by atoms with Crippen molar-refractivity contribution in [3.63, 3.8) is 0 Å². The summed E-state index contributed by atoms with van der Waals surface area (Å²) in [7, 11) is -3.42. The zero-order valence-electron chi connectivity index (χ0n) is 18.1. The molecule has 164 valence electrons. The first-order valence-electron chi connectivity index (χ1n) is 10.5. The van der Waals surface area contributed by atoms with Gasteiger partial charge in [0.25, 0.3) is 0 Å². The quantitative estimate of drug-likeness (QED) is 0.284. The van der Waals surface area contributed by atoms with Crippen LogP contribution in [0.15, 0.2) is 97.3 Å². The predicted octanol–water partition coefficient (Wildman–Crippen LogP) is 4.84. The minimum absolute atomic E-state index is 0.511. The van der Waals surface area contributed by atoms with Crippen LogP contribution >= 0.6 is 0 Å². The molecule has 7 heteroatoms. The summed E-state index contributed by atoms with van der Waals surface area (Å²) in [6.45, 7) is 0.604. The Hall–Kier alpha value is -3.97. The second-order valence-electron chi connectivity index (χ2n) is 7.99. The van der Waals surface area contributed by atoms with Gasteiger partial charge in [-0.2, -0.15) is 0 Å². The Kier molecular flexibility index (Phi) is 5.40. The van der Waals surface area contributed by atoms with Crippen LogP contribution in [0, 0.1) is 0 Å². The molecule has 0 saturated carbocycles. The first-order valence-corrected chi connectivity index (χ1v) is 12.4. The fourth-order valence-corrected chi connectivity index (χ4v) is 4.54. The molecule has 2 aromatic heterocycles. The molecule has 0 aliphatic rings. The summed E-state index contributed by atoms with van der Waals surface area (Å²) in [6, 6.07) is 27.6. The van der Waals surface area contributed by atoms with Crippen molar-refractivity contribution in [2.45, 2.75) is 6.54 Å². The number of hydrogen-bond donors (Lipinski definition) is 2. The van der Waals surface area contributed by atoms with Gasteiger partial charge in [-0.05, 0) is 30.3 Å². The molecular formula is C26H23N4O2S+. The van der Waals surface area contributed by atoms with Crippen molar-refractivity contribution >= 4 is 48.9 Å². The predicted molar refractivity (Wildman–Crippen MR) is 133 cm³/mol. The van der Waals surface area contributed by atoms with E-state index in [1.807, 2.05) is 102 Å². The molecule has 5 rings (SSSR count). The summed E-state index contributed by atoms with van der Waals surface area (Å²) in [5.74, 6) is 0. The largest absolute Gasteiger partial charge is 0.354 e. The summed E-state index contributed by atoms with van der Waals surface area (Å²) in [4.78, 5) is 4.78. The van der Waals surface area contributed by atoms with Crippen LogP contribution in [0.2, 0.25) is 0 Å². The fraction of sp³-hybridized carbons (Fsp3) is 0.0769. The van der Waals surface area contributed by atoms with Crippen LogP contribution in [0.5, 0.6) is 0 Å². The van der Waals surface area contributed by atoms with E-state index in [4.69, 9.17) is 4.98 Å². The first kappa shape index (κ1) is 20.9. The highest BCUT2D eigenvalue weighted by molar-refractivity contribution is 7.92. The molecule has 2 heterocycles. The van der Waals surface area contributed by atoms with Crippen molar-refractivity contribution in [1.82, 2.24) is 4.98 Å². The van der Waals surface area contributed by atoms with Gasteiger partial charge in [-0.25, -0.2) is 18.0 Å². The van der Waals surface area contributed by atoms with E-state index >= 15 is 0 Å². The molecular weight excluding hydrogens is 432 g/mol. The summed E-state index contributed by atoms with van der Waals surface area (Å²) in [5.41, 5.74) is 4.98. The molecule has 0 amide bonds. The molecule has 33 heavy (non-hydrogen) atoms. The Morgan fingerprint density at radius 3 is 2.03 bits per heavy atom. The van der Waals surface area contributed by atoms with Crippen LogP contribution in [0.25, 0.3) is 21.8 Å². The molecule has 0 fully saturated rings. The van der Waals surface area contributed by atoms with E-state index in [0.29, 0.717) is 12.2 Å². The van der Waals surface area contributed by atoms with E-state index in [0.717, 1.165) is 45.0 Å². The topological polar surface area (TPSA) is 75.0 Å². The Morgan fingerprint density at radius 1 is 0.788 bits per heavy atom. The standard InChI is InChI=1S/C26H23N4O2S/c1-33(31,32)29-21-16-19(18-30-13-7-2-8-14-30)15-20(17-21)27-26-22-9-3-5-11-24(22)28-25-12-6-4-10-23(25)26/h2-17,29H,18H2,1H3,(H,27,28)/q+1.